The van der Waals surface area contributed by atoms with E-state index < -0.39 is 31.1 Å². The molecule has 102 valence electrons. The number of aliphatic hydroxyl groups is 3. The van der Waals surface area contributed by atoms with Crippen LogP contribution < -0.4 is 5.32 Å². The van der Waals surface area contributed by atoms with Crippen LogP contribution in [0.15, 0.2) is 18.2 Å². The van der Waals surface area contributed by atoms with Gasteiger partial charge in [-0.1, -0.05) is 6.07 Å². The molecule has 0 saturated heterocycles. The number of hydrogen-bond donors (Lipinski definition) is 4. The van der Waals surface area contributed by atoms with Gasteiger partial charge in [0.1, 0.15) is 0 Å². The molecule has 0 radical (unpaired) electrons. The van der Waals surface area contributed by atoms with Gasteiger partial charge in [0.25, 0.3) is 0 Å². The summed E-state index contributed by atoms with van der Waals surface area (Å²) in [7, 11) is 0. The fourth-order valence-corrected chi connectivity index (χ4v) is 1.48. The number of nitrogens with one attached hydrogen (secondary N) is 1. The molecule has 1 atom stereocenters. The van der Waals surface area contributed by atoms with E-state index in [1.54, 1.807) is 0 Å². The summed E-state index contributed by atoms with van der Waals surface area (Å²) in [5, 5.41) is 29.3. The lowest BCUT2D eigenvalue weighted by Crippen LogP contribution is -2.24. The Balaban J connectivity index is 2.98. The van der Waals surface area contributed by atoms with Crippen molar-refractivity contribution in [3.8, 4) is 0 Å². The second-order valence-corrected chi connectivity index (χ2v) is 3.70. The molecular weight excluding hydrogens is 251 g/mol. The van der Waals surface area contributed by atoms with Gasteiger partial charge in [-0.05, 0) is 12.1 Å². The van der Waals surface area contributed by atoms with E-state index in [0.717, 1.165) is 6.07 Å². The van der Waals surface area contributed by atoms with Crippen molar-refractivity contribution in [3.63, 3.8) is 0 Å². The van der Waals surface area contributed by atoms with Crippen LogP contribution >= 0.6 is 0 Å². The van der Waals surface area contributed by atoms with E-state index in [4.69, 9.17) is 15.3 Å². The smallest absolute Gasteiger partial charge is 0.394 e. The highest BCUT2D eigenvalue weighted by Crippen LogP contribution is 2.35. The lowest BCUT2D eigenvalue weighted by molar-refractivity contribution is -0.138. The Hall–Kier alpha value is -1.31. The Kier molecular flexibility index (Phi) is 4.94. The van der Waals surface area contributed by atoms with Crippen LogP contribution in [0.1, 0.15) is 11.1 Å². The first-order valence-electron chi connectivity index (χ1n) is 5.23. The van der Waals surface area contributed by atoms with E-state index in [1.807, 2.05) is 0 Å². The number of alkyl halides is 3. The average Bonchev–Trinajstić information content (AvgIpc) is 2.34. The SMILES string of the molecule is OCc1c(NCC(O)CO)cccc1C(F)(F)F. The molecule has 1 unspecified atom stereocenters. The summed E-state index contributed by atoms with van der Waals surface area (Å²) in [6, 6.07) is 3.44. The van der Waals surface area contributed by atoms with Crippen molar-refractivity contribution in [1.29, 1.82) is 0 Å². The van der Waals surface area contributed by atoms with Gasteiger partial charge in [0.2, 0.25) is 0 Å². The van der Waals surface area contributed by atoms with Gasteiger partial charge in [-0.2, -0.15) is 13.2 Å². The van der Waals surface area contributed by atoms with E-state index in [-0.39, 0.29) is 17.8 Å². The first-order valence-corrected chi connectivity index (χ1v) is 5.23. The summed E-state index contributed by atoms with van der Waals surface area (Å²) in [5.74, 6) is 0. The maximum atomic E-state index is 12.7. The highest BCUT2D eigenvalue weighted by molar-refractivity contribution is 5.55. The summed E-state index contributed by atoms with van der Waals surface area (Å²) in [4.78, 5) is 0. The van der Waals surface area contributed by atoms with E-state index in [1.165, 1.54) is 12.1 Å². The van der Waals surface area contributed by atoms with Crippen LogP contribution in [0.25, 0.3) is 0 Å². The molecule has 0 aliphatic heterocycles. The Labute approximate surface area is 102 Å². The van der Waals surface area contributed by atoms with Gasteiger partial charge in [-0.3, -0.25) is 0 Å². The molecule has 7 heteroatoms. The Morgan fingerprint density at radius 2 is 1.89 bits per heavy atom. The predicted molar refractivity (Wildman–Crippen MR) is 58.9 cm³/mol. The van der Waals surface area contributed by atoms with Crippen LogP contribution in [0.2, 0.25) is 0 Å². The number of benzene rings is 1. The maximum Gasteiger partial charge on any atom is 0.416 e. The van der Waals surface area contributed by atoms with Crippen LogP contribution in [-0.2, 0) is 12.8 Å². The molecule has 4 N–H and O–H groups in total. The number of aliphatic hydroxyl groups excluding tert-OH is 3. The fraction of sp³-hybridized carbons (Fsp3) is 0.455. The molecule has 0 aliphatic carbocycles. The molecule has 0 fully saturated rings. The topological polar surface area (TPSA) is 72.7 Å². The molecule has 0 aromatic heterocycles. The molecule has 0 amide bonds. The maximum absolute atomic E-state index is 12.7. The molecule has 1 aromatic carbocycles. The lowest BCUT2D eigenvalue weighted by Gasteiger charge is -2.17. The third-order valence-electron chi connectivity index (χ3n) is 2.38. The minimum atomic E-state index is -4.55. The number of hydrogen-bond acceptors (Lipinski definition) is 4. The minimum Gasteiger partial charge on any atom is -0.394 e. The summed E-state index contributed by atoms with van der Waals surface area (Å²) in [6.45, 7) is -1.38. The average molecular weight is 265 g/mol. The Bertz CT molecular complexity index is 396. The van der Waals surface area contributed by atoms with Crippen molar-refractivity contribution in [2.24, 2.45) is 0 Å². The monoisotopic (exact) mass is 265 g/mol. The first kappa shape index (κ1) is 14.7. The van der Waals surface area contributed by atoms with Crippen molar-refractivity contribution in [2.45, 2.75) is 18.9 Å². The highest BCUT2D eigenvalue weighted by atomic mass is 19.4. The number of halogens is 3. The van der Waals surface area contributed by atoms with Crippen LogP contribution in [0.4, 0.5) is 18.9 Å². The summed E-state index contributed by atoms with van der Waals surface area (Å²) >= 11 is 0. The van der Waals surface area contributed by atoms with Crippen LogP contribution in [-0.4, -0.2) is 34.6 Å². The van der Waals surface area contributed by atoms with Gasteiger partial charge in [0.15, 0.2) is 0 Å². The predicted octanol–water partition coefficient (Wildman–Crippen LogP) is 0.963. The van der Waals surface area contributed by atoms with Gasteiger partial charge in [0.05, 0.1) is 24.9 Å². The zero-order valence-corrected chi connectivity index (χ0v) is 9.41. The van der Waals surface area contributed by atoms with E-state index in [2.05, 4.69) is 5.32 Å². The highest BCUT2D eigenvalue weighted by Gasteiger charge is 2.33. The Morgan fingerprint density at radius 3 is 2.39 bits per heavy atom. The molecular formula is C11H14F3NO3. The molecule has 0 spiro atoms. The largest absolute Gasteiger partial charge is 0.416 e. The third-order valence-corrected chi connectivity index (χ3v) is 2.38. The first-order chi connectivity index (χ1) is 8.40. The molecule has 4 nitrogen and oxygen atoms in total. The molecule has 0 aliphatic rings. The Morgan fingerprint density at radius 1 is 1.22 bits per heavy atom. The van der Waals surface area contributed by atoms with E-state index in [9.17, 15) is 13.2 Å². The number of rotatable bonds is 5. The van der Waals surface area contributed by atoms with Gasteiger partial charge in [0, 0.05) is 17.8 Å². The van der Waals surface area contributed by atoms with Crippen LogP contribution in [0, 0.1) is 0 Å². The molecule has 0 bridgehead atoms. The van der Waals surface area contributed by atoms with Gasteiger partial charge in [-0.15, -0.1) is 0 Å². The van der Waals surface area contributed by atoms with Crippen molar-refractivity contribution in [1.82, 2.24) is 0 Å². The summed E-state index contributed by atoms with van der Waals surface area (Å²) in [5.41, 5.74) is -1.12. The zero-order chi connectivity index (χ0) is 13.8. The molecule has 1 aromatic rings. The van der Waals surface area contributed by atoms with Crippen molar-refractivity contribution >= 4 is 5.69 Å². The van der Waals surface area contributed by atoms with E-state index >= 15 is 0 Å². The van der Waals surface area contributed by atoms with Crippen molar-refractivity contribution in [3.05, 3.63) is 29.3 Å². The molecule has 1 rings (SSSR count). The van der Waals surface area contributed by atoms with Crippen molar-refractivity contribution in [2.75, 3.05) is 18.5 Å². The second-order valence-electron chi connectivity index (χ2n) is 3.70. The fourth-order valence-electron chi connectivity index (χ4n) is 1.48. The normalized spacial score (nSPS) is 13.4. The van der Waals surface area contributed by atoms with Crippen LogP contribution in [0.5, 0.6) is 0 Å². The number of anilines is 1. The zero-order valence-electron chi connectivity index (χ0n) is 9.41. The van der Waals surface area contributed by atoms with Gasteiger partial charge < -0.3 is 20.6 Å². The molecule has 18 heavy (non-hydrogen) atoms. The second kappa shape index (κ2) is 6.03. The summed E-state index contributed by atoms with van der Waals surface area (Å²) in [6.07, 6.45) is -5.63. The van der Waals surface area contributed by atoms with Gasteiger partial charge in [-0.25, -0.2) is 0 Å². The van der Waals surface area contributed by atoms with E-state index in [0.29, 0.717) is 0 Å². The standard InChI is InChI=1S/C11H14F3NO3/c12-11(13,14)9-2-1-3-10(8(9)6-17)15-4-7(18)5-16/h1-3,7,15-18H,4-6H2. The van der Waals surface area contributed by atoms with Crippen molar-refractivity contribution < 1.29 is 28.5 Å². The molecule has 0 heterocycles. The quantitative estimate of drug-likeness (QED) is 0.640. The molecule has 0 saturated carbocycles. The van der Waals surface area contributed by atoms with Gasteiger partial charge >= 0.3 is 6.18 Å². The summed E-state index contributed by atoms with van der Waals surface area (Å²) < 4.78 is 38.0. The third kappa shape index (κ3) is 3.59. The lowest BCUT2D eigenvalue weighted by atomic mass is 10.1. The minimum absolute atomic E-state index is 0.0832. The van der Waals surface area contributed by atoms with Crippen LogP contribution in [0.3, 0.4) is 0 Å².